The van der Waals surface area contributed by atoms with E-state index in [1.54, 1.807) is 0 Å². The molecule has 9 heteroatoms. The molecule has 0 aromatic heterocycles. The molecule has 0 aliphatic heterocycles. The number of alkyl halides is 3. The van der Waals surface area contributed by atoms with Gasteiger partial charge in [0.2, 0.25) is 11.6 Å². The standard InChI is InChI=1S/C10H5F7O2/c1-2-3-4(11)5(12)6(13)7(14)8(3)19-9(18)10(15,16)17/h2H2,1H3. The average Bonchev–Trinajstić information content (AvgIpc) is 2.32. The maximum atomic E-state index is 13.2. The third kappa shape index (κ3) is 2.79. The van der Waals surface area contributed by atoms with Crippen LogP contribution in [0.2, 0.25) is 0 Å². The number of carbonyl (C=O) groups is 1. The Balaban J connectivity index is 3.39. The lowest BCUT2D eigenvalue weighted by Crippen LogP contribution is -2.29. The Morgan fingerprint density at radius 3 is 1.89 bits per heavy atom. The van der Waals surface area contributed by atoms with E-state index in [9.17, 15) is 35.5 Å². The predicted octanol–water partition coefficient (Wildman–Crippen LogP) is 3.27. The molecule has 0 N–H and O–H groups in total. The first-order valence-corrected chi connectivity index (χ1v) is 4.75. The summed E-state index contributed by atoms with van der Waals surface area (Å²) in [7, 11) is 0. The molecular formula is C10H5F7O2. The first-order chi connectivity index (χ1) is 8.61. The molecule has 0 radical (unpaired) electrons. The second-order valence-electron chi connectivity index (χ2n) is 3.30. The van der Waals surface area contributed by atoms with Crippen molar-refractivity contribution in [1.29, 1.82) is 0 Å². The Labute approximate surface area is 101 Å². The van der Waals surface area contributed by atoms with Crippen LogP contribution in [0.3, 0.4) is 0 Å². The van der Waals surface area contributed by atoms with Crippen molar-refractivity contribution in [2.45, 2.75) is 19.5 Å². The minimum Gasteiger partial charge on any atom is -0.416 e. The van der Waals surface area contributed by atoms with Crippen LogP contribution in [0, 0.1) is 23.3 Å². The molecule has 19 heavy (non-hydrogen) atoms. The molecule has 106 valence electrons. The fourth-order valence-corrected chi connectivity index (χ4v) is 1.23. The largest absolute Gasteiger partial charge is 0.491 e. The Kier molecular flexibility index (Phi) is 4.06. The number of rotatable bonds is 2. The van der Waals surface area contributed by atoms with Crippen molar-refractivity contribution in [1.82, 2.24) is 0 Å². The number of carbonyl (C=O) groups excluding carboxylic acids is 1. The van der Waals surface area contributed by atoms with Crippen molar-refractivity contribution in [2.75, 3.05) is 0 Å². The van der Waals surface area contributed by atoms with E-state index < -0.39 is 53.1 Å². The summed E-state index contributed by atoms with van der Waals surface area (Å²) in [5.41, 5.74) is -1.01. The van der Waals surface area contributed by atoms with Gasteiger partial charge in [0.25, 0.3) is 0 Å². The first kappa shape index (κ1) is 15.3. The topological polar surface area (TPSA) is 26.3 Å². The summed E-state index contributed by atoms with van der Waals surface area (Å²) >= 11 is 0. The van der Waals surface area contributed by atoms with Gasteiger partial charge in [-0.3, -0.25) is 0 Å². The van der Waals surface area contributed by atoms with Gasteiger partial charge in [0.15, 0.2) is 17.4 Å². The minimum absolute atomic E-state index is 0.513. The van der Waals surface area contributed by atoms with E-state index in [2.05, 4.69) is 4.74 Å². The monoisotopic (exact) mass is 290 g/mol. The summed E-state index contributed by atoms with van der Waals surface area (Å²) in [5.74, 6) is -13.1. The van der Waals surface area contributed by atoms with Gasteiger partial charge in [-0.1, -0.05) is 6.92 Å². The van der Waals surface area contributed by atoms with Crippen molar-refractivity contribution >= 4 is 5.97 Å². The molecule has 0 saturated heterocycles. The Hall–Kier alpha value is -1.80. The number of ether oxygens (including phenoxy) is 1. The molecule has 1 aromatic carbocycles. The van der Waals surface area contributed by atoms with Crippen molar-refractivity contribution in [3.05, 3.63) is 28.8 Å². The summed E-state index contributed by atoms with van der Waals surface area (Å²) < 4.78 is 91.4. The molecule has 0 aliphatic rings. The van der Waals surface area contributed by atoms with Gasteiger partial charge in [0.1, 0.15) is 0 Å². The molecule has 1 rings (SSSR count). The van der Waals surface area contributed by atoms with Gasteiger partial charge >= 0.3 is 12.1 Å². The highest BCUT2D eigenvalue weighted by molar-refractivity contribution is 5.78. The van der Waals surface area contributed by atoms with E-state index in [1.165, 1.54) is 0 Å². The number of esters is 1. The van der Waals surface area contributed by atoms with Crippen LogP contribution in [-0.4, -0.2) is 12.1 Å². The van der Waals surface area contributed by atoms with Gasteiger partial charge in [0, 0.05) is 5.56 Å². The van der Waals surface area contributed by atoms with Gasteiger partial charge in [-0.15, -0.1) is 0 Å². The molecule has 0 heterocycles. The lowest BCUT2D eigenvalue weighted by atomic mass is 10.1. The number of hydrogen-bond acceptors (Lipinski definition) is 2. The van der Waals surface area contributed by atoms with Crippen molar-refractivity contribution in [2.24, 2.45) is 0 Å². The van der Waals surface area contributed by atoms with Crippen LogP contribution < -0.4 is 4.74 Å². The SMILES string of the molecule is CCc1c(F)c(F)c(F)c(F)c1OC(=O)C(F)(F)F. The van der Waals surface area contributed by atoms with Crippen LogP contribution in [-0.2, 0) is 11.2 Å². The zero-order chi connectivity index (χ0) is 15.0. The summed E-state index contributed by atoms with van der Waals surface area (Å²) in [6, 6.07) is 0. The molecule has 0 aliphatic carbocycles. The Morgan fingerprint density at radius 1 is 1.00 bits per heavy atom. The molecule has 0 saturated carbocycles. The van der Waals surface area contributed by atoms with Crippen LogP contribution in [0.15, 0.2) is 0 Å². The van der Waals surface area contributed by atoms with Crippen LogP contribution in [0.25, 0.3) is 0 Å². The van der Waals surface area contributed by atoms with E-state index in [4.69, 9.17) is 0 Å². The lowest BCUT2D eigenvalue weighted by molar-refractivity contribution is -0.190. The number of halogens is 7. The van der Waals surface area contributed by atoms with Crippen LogP contribution in [0.4, 0.5) is 30.7 Å². The Bertz CT molecular complexity index is 522. The third-order valence-electron chi connectivity index (χ3n) is 2.10. The first-order valence-electron chi connectivity index (χ1n) is 4.75. The highest BCUT2D eigenvalue weighted by atomic mass is 19.4. The lowest BCUT2D eigenvalue weighted by Gasteiger charge is -2.13. The summed E-state index contributed by atoms with van der Waals surface area (Å²) in [6.45, 7) is 1.13. The molecule has 0 amide bonds. The second kappa shape index (κ2) is 5.06. The molecule has 0 spiro atoms. The van der Waals surface area contributed by atoms with Gasteiger partial charge < -0.3 is 4.74 Å². The maximum Gasteiger partial charge on any atom is 0.491 e. The smallest absolute Gasteiger partial charge is 0.416 e. The van der Waals surface area contributed by atoms with Gasteiger partial charge in [-0.2, -0.15) is 17.6 Å². The number of hydrogen-bond donors (Lipinski definition) is 0. The quantitative estimate of drug-likeness (QED) is 0.275. The fraction of sp³-hybridized carbons (Fsp3) is 0.300. The molecule has 0 bridgehead atoms. The third-order valence-corrected chi connectivity index (χ3v) is 2.10. The molecule has 0 unspecified atom stereocenters. The van der Waals surface area contributed by atoms with E-state index in [1.807, 2.05) is 0 Å². The van der Waals surface area contributed by atoms with Gasteiger partial charge in [-0.05, 0) is 6.42 Å². The fourth-order valence-electron chi connectivity index (χ4n) is 1.23. The predicted molar refractivity (Wildman–Crippen MR) is 47.3 cm³/mol. The summed E-state index contributed by atoms with van der Waals surface area (Å²) in [5, 5.41) is 0. The van der Waals surface area contributed by atoms with Crippen molar-refractivity contribution in [3.63, 3.8) is 0 Å². The maximum absolute atomic E-state index is 13.2. The molecule has 0 fully saturated rings. The van der Waals surface area contributed by atoms with Gasteiger partial charge in [-0.25, -0.2) is 18.0 Å². The van der Waals surface area contributed by atoms with Crippen LogP contribution in [0.5, 0.6) is 5.75 Å². The molecule has 2 nitrogen and oxygen atoms in total. The van der Waals surface area contributed by atoms with E-state index >= 15 is 0 Å². The van der Waals surface area contributed by atoms with Gasteiger partial charge in [0.05, 0.1) is 0 Å². The molecule has 1 aromatic rings. The van der Waals surface area contributed by atoms with Crippen LogP contribution >= 0.6 is 0 Å². The Morgan fingerprint density at radius 2 is 1.47 bits per heavy atom. The molecule has 0 atom stereocenters. The van der Waals surface area contributed by atoms with E-state index in [-0.39, 0.29) is 0 Å². The van der Waals surface area contributed by atoms with Crippen LogP contribution in [0.1, 0.15) is 12.5 Å². The summed E-state index contributed by atoms with van der Waals surface area (Å²) in [4.78, 5) is 10.5. The minimum atomic E-state index is -5.49. The average molecular weight is 290 g/mol. The van der Waals surface area contributed by atoms with E-state index in [0.717, 1.165) is 6.92 Å². The number of benzene rings is 1. The highest BCUT2D eigenvalue weighted by Crippen LogP contribution is 2.32. The second-order valence-corrected chi connectivity index (χ2v) is 3.30. The van der Waals surface area contributed by atoms with Crippen molar-refractivity contribution in [3.8, 4) is 5.75 Å². The molecular weight excluding hydrogens is 285 g/mol. The normalized spacial score (nSPS) is 11.6. The zero-order valence-electron chi connectivity index (χ0n) is 9.17. The zero-order valence-corrected chi connectivity index (χ0v) is 9.17. The highest BCUT2D eigenvalue weighted by Gasteiger charge is 2.43. The summed E-state index contributed by atoms with van der Waals surface area (Å²) in [6.07, 6.45) is -6.00. The van der Waals surface area contributed by atoms with Crippen molar-refractivity contribution < 1.29 is 40.3 Å². The van der Waals surface area contributed by atoms with E-state index in [0.29, 0.717) is 0 Å².